The summed E-state index contributed by atoms with van der Waals surface area (Å²) in [6, 6.07) is 2.61. The highest BCUT2D eigenvalue weighted by Crippen LogP contribution is 2.28. The lowest BCUT2D eigenvalue weighted by Gasteiger charge is -2.26. The maximum atomic E-state index is 12.8. The van der Waals surface area contributed by atoms with E-state index in [4.69, 9.17) is 22.1 Å². The van der Waals surface area contributed by atoms with Crippen LogP contribution in [-0.2, 0) is 19.6 Å². The smallest absolute Gasteiger partial charge is 0.338 e. The second-order valence-corrected chi connectivity index (χ2v) is 8.32. The molecule has 9 nitrogen and oxygen atoms in total. The molecule has 1 aromatic rings. The second-order valence-electron chi connectivity index (χ2n) is 6.01. The van der Waals surface area contributed by atoms with Gasteiger partial charge in [0.15, 0.2) is 6.10 Å². The predicted molar refractivity (Wildman–Crippen MR) is 96.7 cm³/mol. The number of carbonyl (C=O) groups excluding carboxylic acids is 3. The van der Waals surface area contributed by atoms with Gasteiger partial charge in [0.25, 0.3) is 5.91 Å². The van der Waals surface area contributed by atoms with Crippen LogP contribution in [0.15, 0.2) is 23.1 Å². The number of hydrogen-bond acceptors (Lipinski definition) is 6. The molecule has 0 aliphatic carbocycles. The molecule has 27 heavy (non-hydrogen) atoms. The van der Waals surface area contributed by atoms with Gasteiger partial charge in [-0.1, -0.05) is 18.0 Å². The van der Waals surface area contributed by atoms with Crippen LogP contribution >= 0.6 is 11.6 Å². The molecule has 1 unspecified atom stereocenters. The van der Waals surface area contributed by atoms with E-state index in [9.17, 15) is 22.8 Å². The van der Waals surface area contributed by atoms with Crippen molar-refractivity contribution in [2.75, 3.05) is 13.1 Å². The van der Waals surface area contributed by atoms with Crippen LogP contribution < -0.4 is 11.1 Å². The fraction of sp³-hybridized carbons (Fsp3) is 0.438. The van der Waals surface area contributed by atoms with E-state index < -0.39 is 34.0 Å². The van der Waals surface area contributed by atoms with E-state index in [0.29, 0.717) is 13.1 Å². The second kappa shape index (κ2) is 8.68. The summed E-state index contributed by atoms with van der Waals surface area (Å²) in [6.45, 7) is 2.02. The zero-order valence-electron chi connectivity index (χ0n) is 14.6. The number of hydrogen-bond donors (Lipinski definition) is 2. The molecule has 0 bridgehead atoms. The van der Waals surface area contributed by atoms with Crippen LogP contribution in [0.5, 0.6) is 0 Å². The third-order valence-corrected chi connectivity index (χ3v) is 6.38. The topological polar surface area (TPSA) is 136 Å². The number of halogens is 1. The number of primary amides is 1. The lowest BCUT2D eigenvalue weighted by Crippen LogP contribution is -2.42. The summed E-state index contributed by atoms with van der Waals surface area (Å²) >= 11 is 6.04. The third kappa shape index (κ3) is 5.18. The quantitative estimate of drug-likeness (QED) is 0.692. The van der Waals surface area contributed by atoms with Crippen LogP contribution in [-0.4, -0.2) is 49.8 Å². The molecule has 1 aliphatic heterocycles. The van der Waals surface area contributed by atoms with Crippen LogP contribution in [0.25, 0.3) is 0 Å². The average Bonchev–Trinajstić information content (AvgIpc) is 2.61. The van der Waals surface area contributed by atoms with Crippen molar-refractivity contribution in [3.63, 3.8) is 0 Å². The number of benzene rings is 1. The van der Waals surface area contributed by atoms with Crippen molar-refractivity contribution in [1.29, 1.82) is 0 Å². The molecule has 1 heterocycles. The van der Waals surface area contributed by atoms with Gasteiger partial charge in [0.1, 0.15) is 4.90 Å². The Kier molecular flexibility index (Phi) is 6.79. The van der Waals surface area contributed by atoms with Crippen molar-refractivity contribution in [2.24, 2.45) is 5.73 Å². The van der Waals surface area contributed by atoms with Crippen molar-refractivity contribution in [3.05, 3.63) is 28.8 Å². The van der Waals surface area contributed by atoms with Gasteiger partial charge in [-0.3, -0.25) is 10.1 Å². The van der Waals surface area contributed by atoms with Gasteiger partial charge in [-0.25, -0.2) is 18.0 Å². The number of piperidine rings is 1. The molecule has 3 amide bonds. The summed E-state index contributed by atoms with van der Waals surface area (Å²) in [5.74, 6) is -1.83. The zero-order valence-corrected chi connectivity index (χ0v) is 16.2. The zero-order chi connectivity index (χ0) is 20.2. The maximum absolute atomic E-state index is 12.8. The van der Waals surface area contributed by atoms with Gasteiger partial charge in [0.05, 0.1) is 10.6 Å². The Morgan fingerprint density at radius 3 is 2.44 bits per heavy atom. The number of imide groups is 1. The van der Waals surface area contributed by atoms with Gasteiger partial charge in [-0.05, 0) is 38.0 Å². The fourth-order valence-corrected chi connectivity index (χ4v) is 4.60. The molecule has 0 saturated carbocycles. The highest BCUT2D eigenvalue weighted by atomic mass is 35.5. The van der Waals surface area contributed by atoms with Crippen molar-refractivity contribution < 1.29 is 27.5 Å². The molecule has 0 radical (unpaired) electrons. The van der Waals surface area contributed by atoms with E-state index in [0.717, 1.165) is 25.3 Å². The number of amides is 3. The molecule has 0 aromatic heterocycles. The Bertz CT molecular complexity index is 852. The van der Waals surface area contributed by atoms with E-state index in [1.54, 1.807) is 5.32 Å². The van der Waals surface area contributed by atoms with Gasteiger partial charge >= 0.3 is 12.0 Å². The molecule has 1 fully saturated rings. The van der Waals surface area contributed by atoms with E-state index in [1.807, 2.05) is 0 Å². The Morgan fingerprint density at radius 2 is 1.85 bits per heavy atom. The number of urea groups is 1. The van der Waals surface area contributed by atoms with Gasteiger partial charge in [-0.15, -0.1) is 0 Å². The van der Waals surface area contributed by atoms with Crippen molar-refractivity contribution in [1.82, 2.24) is 9.62 Å². The SMILES string of the molecule is CC(OC(=O)c1ccc(Cl)c(S(=O)(=O)N2CCCCC2)c1)C(=O)NC(N)=O. The van der Waals surface area contributed by atoms with Crippen LogP contribution in [0.4, 0.5) is 4.79 Å². The largest absolute Gasteiger partial charge is 0.449 e. The first-order valence-electron chi connectivity index (χ1n) is 8.24. The Labute approximate surface area is 161 Å². The highest BCUT2D eigenvalue weighted by molar-refractivity contribution is 7.89. The number of nitrogens with one attached hydrogen (secondary N) is 1. The molecule has 1 aliphatic rings. The van der Waals surface area contributed by atoms with Crippen LogP contribution in [0, 0.1) is 0 Å². The molecule has 1 aromatic carbocycles. The first-order valence-corrected chi connectivity index (χ1v) is 10.1. The average molecular weight is 418 g/mol. The van der Waals surface area contributed by atoms with Crippen molar-refractivity contribution in [2.45, 2.75) is 37.2 Å². The van der Waals surface area contributed by atoms with Crippen molar-refractivity contribution in [3.8, 4) is 0 Å². The summed E-state index contributed by atoms with van der Waals surface area (Å²) < 4.78 is 31.9. The number of nitrogens with two attached hydrogens (primary N) is 1. The van der Waals surface area contributed by atoms with Gasteiger partial charge in [0.2, 0.25) is 10.0 Å². The minimum absolute atomic E-state index is 0.0170. The molecule has 2 rings (SSSR count). The normalized spacial score (nSPS) is 16.4. The van der Waals surface area contributed by atoms with Crippen molar-refractivity contribution >= 4 is 39.5 Å². The Morgan fingerprint density at radius 1 is 1.22 bits per heavy atom. The molecular weight excluding hydrogens is 398 g/mol. The number of nitrogens with zero attached hydrogens (tertiary/aromatic N) is 1. The first kappa shape index (κ1) is 21.1. The van der Waals surface area contributed by atoms with E-state index in [-0.39, 0.29) is 15.5 Å². The number of esters is 1. The highest BCUT2D eigenvalue weighted by Gasteiger charge is 2.29. The third-order valence-electron chi connectivity index (χ3n) is 4.00. The lowest BCUT2D eigenvalue weighted by molar-refractivity contribution is -0.127. The summed E-state index contributed by atoms with van der Waals surface area (Å²) in [5.41, 5.74) is 4.74. The molecule has 1 atom stereocenters. The van der Waals surface area contributed by atoms with Crippen LogP contribution in [0.1, 0.15) is 36.5 Å². The molecule has 3 N–H and O–H groups in total. The molecule has 1 saturated heterocycles. The Hall–Kier alpha value is -2.17. The number of carbonyl (C=O) groups is 3. The molecular formula is C16H20ClN3O6S. The summed E-state index contributed by atoms with van der Waals surface area (Å²) in [4.78, 5) is 34.3. The Balaban J connectivity index is 2.22. The van der Waals surface area contributed by atoms with Gasteiger partial charge in [0, 0.05) is 13.1 Å². The predicted octanol–water partition coefficient (Wildman–Crippen LogP) is 1.25. The number of sulfonamides is 1. The van der Waals surface area contributed by atoms with Gasteiger partial charge < -0.3 is 10.5 Å². The molecule has 148 valence electrons. The van der Waals surface area contributed by atoms with E-state index in [1.165, 1.54) is 23.4 Å². The summed E-state index contributed by atoms with van der Waals surface area (Å²) in [5, 5.41) is 1.77. The van der Waals surface area contributed by atoms with E-state index in [2.05, 4.69) is 0 Å². The number of rotatable bonds is 5. The maximum Gasteiger partial charge on any atom is 0.338 e. The standard InChI is InChI=1S/C16H20ClN3O6S/c1-10(14(21)19-16(18)23)26-15(22)11-5-6-12(17)13(9-11)27(24,25)20-7-3-2-4-8-20/h5-6,9-10H,2-4,7-8H2,1H3,(H3,18,19,21,23). The van der Waals surface area contributed by atoms with Crippen LogP contribution in [0.2, 0.25) is 5.02 Å². The minimum atomic E-state index is -3.86. The lowest BCUT2D eigenvalue weighted by atomic mass is 10.2. The van der Waals surface area contributed by atoms with E-state index >= 15 is 0 Å². The summed E-state index contributed by atoms with van der Waals surface area (Å²) in [6.07, 6.45) is 1.16. The monoisotopic (exact) mass is 417 g/mol. The molecule has 11 heteroatoms. The number of ether oxygens (including phenoxy) is 1. The van der Waals surface area contributed by atoms with Crippen LogP contribution in [0.3, 0.4) is 0 Å². The molecule has 0 spiro atoms. The summed E-state index contributed by atoms with van der Waals surface area (Å²) in [7, 11) is -3.86. The first-order chi connectivity index (χ1) is 12.6. The fourth-order valence-electron chi connectivity index (χ4n) is 2.58. The minimum Gasteiger partial charge on any atom is -0.449 e. The van der Waals surface area contributed by atoms with Gasteiger partial charge in [-0.2, -0.15) is 4.31 Å².